The van der Waals surface area contributed by atoms with Gasteiger partial charge in [0.05, 0.1) is 34.2 Å². The first-order chi connectivity index (χ1) is 20.7. The van der Waals surface area contributed by atoms with E-state index in [2.05, 4.69) is 6.92 Å². The predicted octanol–water partition coefficient (Wildman–Crippen LogP) is 7.03. The lowest BCUT2D eigenvalue weighted by atomic mass is 10.0. The monoisotopic (exact) mass is 584 g/mol. The molecule has 1 atom stereocenters. The fraction of sp³-hybridized carbons (Fsp3) is 0.303. The standard InChI is InChI=1S/C33H34F2N6O2/c1-4-5-6-27(43-3)41-26-14-7-18(2)30(23(26)17-39-41)40-31-22(12-10-20-15-21(34)11-13-25(20)35)29(19-8-9-19)38-16-24(31)28(32(40)36)33(37)42/h7,10-17,19,27H,4-6,8-9,36H2,1-3H3,(H2,37,42)/b12-10+. The second kappa shape index (κ2) is 11.3. The number of pyridine rings is 1. The number of benzene rings is 2. The van der Waals surface area contributed by atoms with E-state index in [0.29, 0.717) is 16.5 Å². The lowest BCUT2D eigenvalue weighted by Crippen LogP contribution is -2.14. The van der Waals surface area contributed by atoms with Gasteiger partial charge in [0.25, 0.3) is 5.91 Å². The third-order valence-corrected chi connectivity index (χ3v) is 8.23. The number of hydrogen-bond acceptors (Lipinski definition) is 5. The molecule has 0 aliphatic heterocycles. The SMILES string of the molecule is CCCCC(OC)n1ncc2c(-n3c(N)c(C(N)=O)c4cnc(C5CC5)c(/C=C/c5cc(F)ccc5F)c43)c(C)ccc21. The topological polar surface area (TPSA) is 114 Å². The Kier molecular flexibility index (Phi) is 7.47. The van der Waals surface area contributed by atoms with Gasteiger partial charge in [-0.1, -0.05) is 31.6 Å². The highest BCUT2D eigenvalue weighted by Crippen LogP contribution is 2.45. The molecule has 10 heteroatoms. The maximum absolute atomic E-state index is 14.6. The summed E-state index contributed by atoms with van der Waals surface area (Å²) in [5, 5.41) is 6.01. The van der Waals surface area contributed by atoms with Gasteiger partial charge in [-0.3, -0.25) is 14.3 Å². The van der Waals surface area contributed by atoms with Gasteiger partial charge in [-0.05, 0) is 62.4 Å². The Bertz CT molecular complexity index is 1900. The summed E-state index contributed by atoms with van der Waals surface area (Å²) in [4.78, 5) is 17.6. The van der Waals surface area contributed by atoms with Gasteiger partial charge in [-0.2, -0.15) is 5.10 Å². The smallest absolute Gasteiger partial charge is 0.253 e. The highest BCUT2D eigenvalue weighted by atomic mass is 19.1. The average molecular weight is 585 g/mol. The Morgan fingerprint density at radius 2 is 1.95 bits per heavy atom. The normalized spacial score (nSPS) is 14.3. The van der Waals surface area contributed by atoms with Gasteiger partial charge in [0.2, 0.25) is 0 Å². The molecule has 0 bridgehead atoms. The van der Waals surface area contributed by atoms with Crippen molar-refractivity contribution in [1.82, 2.24) is 19.3 Å². The van der Waals surface area contributed by atoms with E-state index in [1.54, 1.807) is 25.6 Å². The number of nitrogens with zero attached hydrogens (tertiary/aromatic N) is 4. The minimum atomic E-state index is -0.687. The van der Waals surface area contributed by atoms with Gasteiger partial charge < -0.3 is 16.2 Å². The number of ether oxygens (including phenoxy) is 1. The number of halogens is 2. The van der Waals surface area contributed by atoms with Crippen molar-refractivity contribution < 1.29 is 18.3 Å². The first kappa shape index (κ1) is 28.5. The minimum absolute atomic E-state index is 0.0946. The molecule has 222 valence electrons. The van der Waals surface area contributed by atoms with Gasteiger partial charge in [0, 0.05) is 41.1 Å². The molecule has 4 N–H and O–H groups in total. The molecule has 1 amide bonds. The average Bonchev–Trinajstić information content (AvgIpc) is 3.67. The fourth-order valence-electron chi connectivity index (χ4n) is 5.94. The number of methoxy groups -OCH3 is 1. The van der Waals surface area contributed by atoms with E-state index >= 15 is 0 Å². The van der Waals surface area contributed by atoms with Crippen LogP contribution in [-0.4, -0.2) is 32.3 Å². The third kappa shape index (κ3) is 4.95. The maximum atomic E-state index is 14.6. The number of aryl methyl sites for hydroxylation is 1. The number of primary amides is 1. The maximum Gasteiger partial charge on any atom is 0.253 e. The van der Waals surface area contributed by atoms with Crippen molar-refractivity contribution in [2.45, 2.75) is 58.1 Å². The van der Waals surface area contributed by atoms with Gasteiger partial charge in [0.1, 0.15) is 23.7 Å². The zero-order valence-corrected chi connectivity index (χ0v) is 24.4. The molecule has 3 heterocycles. The number of carbonyl (C=O) groups excluding carboxylic acids is 1. The molecule has 1 fully saturated rings. The molecule has 3 aromatic heterocycles. The lowest BCUT2D eigenvalue weighted by molar-refractivity contribution is 0.0288. The van der Waals surface area contributed by atoms with Crippen LogP contribution in [0.5, 0.6) is 0 Å². The molecule has 43 heavy (non-hydrogen) atoms. The zero-order valence-electron chi connectivity index (χ0n) is 24.4. The molecule has 2 aromatic carbocycles. The molecular weight excluding hydrogens is 550 g/mol. The third-order valence-electron chi connectivity index (χ3n) is 8.23. The Labute approximate surface area is 247 Å². The number of fused-ring (bicyclic) bond motifs is 2. The Balaban J connectivity index is 1.66. The second-order valence-electron chi connectivity index (χ2n) is 11.1. The van der Waals surface area contributed by atoms with Gasteiger partial charge in [-0.15, -0.1) is 0 Å². The summed E-state index contributed by atoms with van der Waals surface area (Å²) >= 11 is 0. The number of unbranched alkanes of at least 4 members (excludes halogenated alkanes) is 1. The summed E-state index contributed by atoms with van der Waals surface area (Å²) in [5.41, 5.74) is 17.5. The summed E-state index contributed by atoms with van der Waals surface area (Å²) in [7, 11) is 1.67. The van der Waals surface area contributed by atoms with Crippen molar-refractivity contribution in [3.8, 4) is 5.69 Å². The van der Waals surface area contributed by atoms with E-state index in [9.17, 15) is 13.6 Å². The highest BCUT2D eigenvalue weighted by molar-refractivity contribution is 6.14. The summed E-state index contributed by atoms with van der Waals surface area (Å²) in [5.74, 6) is -1.42. The van der Waals surface area contributed by atoms with E-state index in [4.69, 9.17) is 26.3 Å². The predicted molar refractivity (Wildman–Crippen MR) is 165 cm³/mol. The molecule has 5 aromatic rings. The molecule has 0 spiro atoms. The molecule has 1 unspecified atom stereocenters. The number of nitrogen functional groups attached to an aromatic ring is 1. The lowest BCUT2D eigenvalue weighted by Gasteiger charge is -2.18. The Morgan fingerprint density at radius 1 is 1.16 bits per heavy atom. The number of amides is 1. The Morgan fingerprint density at radius 3 is 2.65 bits per heavy atom. The van der Waals surface area contributed by atoms with E-state index in [-0.39, 0.29) is 29.1 Å². The van der Waals surface area contributed by atoms with Crippen LogP contribution in [0.4, 0.5) is 14.6 Å². The number of rotatable bonds is 10. The van der Waals surface area contributed by atoms with Gasteiger partial charge in [0.15, 0.2) is 0 Å². The van der Waals surface area contributed by atoms with Crippen molar-refractivity contribution in [3.05, 3.63) is 82.3 Å². The molecule has 6 rings (SSSR count). The van der Waals surface area contributed by atoms with Crippen LogP contribution in [0.2, 0.25) is 0 Å². The van der Waals surface area contributed by atoms with Crippen LogP contribution in [0.15, 0.2) is 42.7 Å². The minimum Gasteiger partial charge on any atom is -0.384 e. The molecular formula is C33H34F2N6O2. The molecule has 8 nitrogen and oxygen atoms in total. The summed E-state index contributed by atoms with van der Waals surface area (Å²) in [6.07, 6.45) is 11.1. The molecule has 0 saturated heterocycles. The zero-order chi connectivity index (χ0) is 30.4. The van der Waals surface area contributed by atoms with Crippen LogP contribution in [0, 0.1) is 18.6 Å². The van der Waals surface area contributed by atoms with Crippen LogP contribution in [-0.2, 0) is 4.74 Å². The number of carbonyl (C=O) groups is 1. The van der Waals surface area contributed by atoms with Crippen LogP contribution in [0.25, 0.3) is 39.6 Å². The molecule has 1 aliphatic rings. The van der Waals surface area contributed by atoms with Gasteiger partial charge >= 0.3 is 0 Å². The van der Waals surface area contributed by atoms with Crippen LogP contribution < -0.4 is 11.5 Å². The first-order valence-electron chi connectivity index (χ1n) is 14.5. The van der Waals surface area contributed by atoms with Crippen molar-refractivity contribution in [2.24, 2.45) is 5.73 Å². The first-order valence-corrected chi connectivity index (χ1v) is 14.5. The quantitative estimate of drug-likeness (QED) is 0.183. The summed E-state index contributed by atoms with van der Waals surface area (Å²) in [6.45, 7) is 4.10. The highest BCUT2D eigenvalue weighted by Gasteiger charge is 2.32. The number of hydrogen-bond donors (Lipinski definition) is 2. The molecule has 1 saturated carbocycles. The number of aromatic nitrogens is 4. The van der Waals surface area contributed by atoms with Crippen molar-refractivity contribution in [3.63, 3.8) is 0 Å². The van der Waals surface area contributed by atoms with Crippen LogP contribution in [0.3, 0.4) is 0 Å². The number of anilines is 1. The molecule has 1 aliphatic carbocycles. The fourth-order valence-corrected chi connectivity index (χ4v) is 5.94. The van der Waals surface area contributed by atoms with Crippen molar-refractivity contribution >= 4 is 45.7 Å². The van der Waals surface area contributed by atoms with Gasteiger partial charge in [-0.25, -0.2) is 13.5 Å². The van der Waals surface area contributed by atoms with E-state index in [1.807, 2.05) is 28.3 Å². The van der Waals surface area contributed by atoms with Crippen LogP contribution >= 0.6 is 0 Å². The second-order valence-corrected chi connectivity index (χ2v) is 11.1. The Hall–Kier alpha value is -4.57. The van der Waals surface area contributed by atoms with Crippen molar-refractivity contribution in [1.29, 1.82) is 0 Å². The van der Waals surface area contributed by atoms with E-state index in [1.165, 1.54) is 6.08 Å². The van der Waals surface area contributed by atoms with Crippen molar-refractivity contribution in [2.75, 3.05) is 12.8 Å². The summed E-state index contributed by atoms with van der Waals surface area (Å²) < 4.78 is 38.2. The largest absolute Gasteiger partial charge is 0.384 e. The van der Waals surface area contributed by atoms with Crippen LogP contribution in [0.1, 0.15) is 83.9 Å². The van der Waals surface area contributed by atoms with E-state index < -0.39 is 17.5 Å². The summed E-state index contributed by atoms with van der Waals surface area (Å²) in [6, 6.07) is 7.30. The van der Waals surface area contributed by atoms with E-state index in [0.717, 1.165) is 78.2 Å². The molecule has 0 radical (unpaired) electrons. The number of nitrogens with two attached hydrogens (primary N) is 2.